The number of hydrogen-bond acceptors (Lipinski definition) is 2. The summed E-state index contributed by atoms with van der Waals surface area (Å²) in [5.74, 6) is 0. The number of nitrogens with one attached hydrogen (secondary N) is 1. The average molecular weight is 278 g/mol. The third kappa shape index (κ3) is 18.7. The van der Waals surface area contributed by atoms with Gasteiger partial charge in [0.05, 0.1) is 0 Å². The van der Waals surface area contributed by atoms with Crippen LogP contribution >= 0.6 is 8.73 Å². The first-order chi connectivity index (χ1) is 8.22. The Bertz CT molecular complexity index is 131. The van der Waals surface area contributed by atoms with E-state index in [-0.39, 0.29) is 0 Å². The minimum Gasteiger partial charge on any atom is -0.312 e. The van der Waals surface area contributed by atoms with Gasteiger partial charge in [0.1, 0.15) is 0 Å². The molecule has 0 saturated heterocycles. The maximum atomic E-state index is 3.31. The van der Waals surface area contributed by atoms with Gasteiger partial charge in [0.15, 0.2) is 0 Å². The van der Waals surface area contributed by atoms with E-state index in [0.717, 1.165) is 8.73 Å². The molecule has 114 valence electrons. The maximum Gasteiger partial charge on any atom is 0.00778 e. The monoisotopic (exact) mass is 278 g/mol. The Balaban J connectivity index is -0.000000225. The van der Waals surface area contributed by atoms with E-state index in [0.29, 0.717) is 24.2 Å². The summed E-state index contributed by atoms with van der Waals surface area (Å²) in [6.45, 7) is 23.8. The van der Waals surface area contributed by atoms with Crippen molar-refractivity contribution >= 4 is 8.73 Å². The SMILES string of the molecule is CC.CC(C)NC(C)C.CPN(C(C)C)C(C)C. The van der Waals surface area contributed by atoms with Crippen LogP contribution in [0.4, 0.5) is 0 Å². The Morgan fingerprint density at radius 2 is 1.00 bits per heavy atom. The van der Waals surface area contributed by atoms with Gasteiger partial charge in [-0.3, -0.25) is 4.67 Å². The first-order valence-electron chi connectivity index (χ1n) is 7.44. The zero-order valence-electron chi connectivity index (χ0n) is 14.8. The highest BCUT2D eigenvalue weighted by Gasteiger charge is 2.09. The van der Waals surface area contributed by atoms with E-state index >= 15 is 0 Å². The zero-order chi connectivity index (χ0) is 15.3. The highest BCUT2D eigenvalue weighted by atomic mass is 31.1. The quantitative estimate of drug-likeness (QED) is 0.730. The van der Waals surface area contributed by atoms with Crippen LogP contribution < -0.4 is 5.32 Å². The first-order valence-corrected chi connectivity index (χ1v) is 8.88. The van der Waals surface area contributed by atoms with Crippen molar-refractivity contribution in [3.63, 3.8) is 0 Å². The first kappa shape index (κ1) is 23.4. The predicted molar refractivity (Wildman–Crippen MR) is 91.1 cm³/mol. The van der Waals surface area contributed by atoms with Crippen molar-refractivity contribution in [3.8, 4) is 0 Å². The largest absolute Gasteiger partial charge is 0.312 e. The van der Waals surface area contributed by atoms with E-state index in [1.165, 1.54) is 0 Å². The van der Waals surface area contributed by atoms with E-state index in [4.69, 9.17) is 0 Å². The van der Waals surface area contributed by atoms with Crippen LogP contribution in [0.3, 0.4) is 0 Å². The summed E-state index contributed by atoms with van der Waals surface area (Å²) in [4.78, 5) is 0. The van der Waals surface area contributed by atoms with Gasteiger partial charge in [0.25, 0.3) is 0 Å². The van der Waals surface area contributed by atoms with E-state index in [1.807, 2.05) is 13.8 Å². The average Bonchev–Trinajstić information content (AvgIpc) is 2.18. The second-order valence-electron chi connectivity index (χ2n) is 5.29. The summed E-state index contributed by atoms with van der Waals surface area (Å²) < 4.78 is 2.49. The van der Waals surface area contributed by atoms with Crippen molar-refractivity contribution in [2.24, 2.45) is 0 Å². The van der Waals surface area contributed by atoms with Gasteiger partial charge in [0, 0.05) is 24.2 Å². The smallest absolute Gasteiger partial charge is 0.00778 e. The fourth-order valence-electron chi connectivity index (χ4n) is 1.78. The number of rotatable bonds is 5. The molecule has 2 nitrogen and oxygen atoms in total. The molecule has 0 aliphatic rings. The minimum absolute atomic E-state index is 0.625. The molecule has 0 saturated carbocycles. The molecule has 0 rings (SSSR count). The molecule has 0 aliphatic carbocycles. The van der Waals surface area contributed by atoms with Gasteiger partial charge >= 0.3 is 0 Å². The van der Waals surface area contributed by atoms with Gasteiger partial charge in [-0.15, -0.1) is 0 Å². The van der Waals surface area contributed by atoms with Crippen LogP contribution in [0.15, 0.2) is 0 Å². The summed E-state index contributed by atoms with van der Waals surface area (Å²) in [6, 6.07) is 2.65. The van der Waals surface area contributed by atoms with E-state index in [9.17, 15) is 0 Å². The Hall–Kier alpha value is 0.350. The fourth-order valence-corrected chi connectivity index (χ4v) is 2.81. The maximum absolute atomic E-state index is 3.31. The van der Waals surface area contributed by atoms with Crippen LogP contribution in [-0.2, 0) is 0 Å². The Kier molecular flexibility index (Phi) is 20.1. The van der Waals surface area contributed by atoms with Gasteiger partial charge in [-0.25, -0.2) is 0 Å². The predicted octanol–water partition coefficient (Wildman–Crippen LogP) is 4.75. The fraction of sp³-hybridized carbons (Fsp3) is 1.00. The molecule has 0 aliphatic heterocycles. The molecular formula is C15H39N2P. The van der Waals surface area contributed by atoms with Crippen molar-refractivity contribution in [3.05, 3.63) is 0 Å². The number of nitrogens with zero attached hydrogens (tertiary/aromatic N) is 1. The van der Waals surface area contributed by atoms with Crippen molar-refractivity contribution < 1.29 is 0 Å². The van der Waals surface area contributed by atoms with Gasteiger partial charge in [-0.05, 0) is 34.4 Å². The molecule has 18 heavy (non-hydrogen) atoms. The molecule has 1 unspecified atom stereocenters. The Morgan fingerprint density at radius 1 is 0.722 bits per heavy atom. The standard InChI is InChI=1S/C7H18NP.C6H15N.C2H6/c1-6(2)8(9-5)7(3)4;1-5(2)7-6(3)4;1-2/h6-7,9H,1-5H3;5-7H,1-4H3;1-2H3. The highest BCUT2D eigenvalue weighted by Crippen LogP contribution is 2.19. The van der Waals surface area contributed by atoms with E-state index in [2.05, 4.69) is 72.0 Å². The lowest BCUT2D eigenvalue weighted by molar-refractivity contribution is 0.330. The highest BCUT2D eigenvalue weighted by molar-refractivity contribution is 7.34. The summed E-state index contributed by atoms with van der Waals surface area (Å²) in [5.41, 5.74) is 0. The Labute approximate surface area is 119 Å². The van der Waals surface area contributed by atoms with Crippen LogP contribution in [0.1, 0.15) is 69.2 Å². The molecule has 1 N–H and O–H groups in total. The molecule has 0 radical (unpaired) electrons. The molecule has 0 fully saturated rings. The number of hydrogen-bond donors (Lipinski definition) is 1. The lowest BCUT2D eigenvalue weighted by Crippen LogP contribution is -2.29. The zero-order valence-corrected chi connectivity index (χ0v) is 15.8. The molecule has 1 atom stereocenters. The van der Waals surface area contributed by atoms with Gasteiger partial charge in [0.2, 0.25) is 0 Å². The molecule has 0 aromatic heterocycles. The van der Waals surface area contributed by atoms with Crippen molar-refractivity contribution in [1.82, 2.24) is 9.99 Å². The summed E-state index contributed by atoms with van der Waals surface area (Å²) in [7, 11) is 0.943. The third-order valence-electron chi connectivity index (χ3n) is 2.04. The molecule has 0 bridgehead atoms. The second-order valence-corrected chi connectivity index (χ2v) is 6.26. The lowest BCUT2D eigenvalue weighted by atomic mass is 10.3. The molecule has 0 spiro atoms. The summed E-state index contributed by atoms with van der Waals surface area (Å²) in [6.07, 6.45) is 0. The molecule has 0 heterocycles. The third-order valence-corrected chi connectivity index (χ3v) is 3.59. The van der Waals surface area contributed by atoms with Crippen molar-refractivity contribution in [2.75, 3.05) is 6.66 Å². The van der Waals surface area contributed by atoms with E-state index < -0.39 is 0 Å². The molecular weight excluding hydrogens is 239 g/mol. The molecule has 0 amide bonds. The minimum atomic E-state index is 0.625. The van der Waals surface area contributed by atoms with Crippen LogP contribution in [0.2, 0.25) is 0 Å². The molecule has 0 aromatic rings. The molecule has 3 heteroatoms. The van der Waals surface area contributed by atoms with Crippen LogP contribution in [0, 0.1) is 0 Å². The Morgan fingerprint density at radius 3 is 1.00 bits per heavy atom. The van der Waals surface area contributed by atoms with Gasteiger partial charge < -0.3 is 5.32 Å². The lowest BCUT2D eigenvalue weighted by Gasteiger charge is -2.28. The summed E-state index contributed by atoms with van der Waals surface area (Å²) >= 11 is 0. The van der Waals surface area contributed by atoms with Crippen LogP contribution in [0.25, 0.3) is 0 Å². The van der Waals surface area contributed by atoms with Crippen LogP contribution in [-0.4, -0.2) is 35.5 Å². The van der Waals surface area contributed by atoms with E-state index in [1.54, 1.807) is 0 Å². The van der Waals surface area contributed by atoms with Crippen molar-refractivity contribution in [2.45, 2.75) is 93.4 Å². The van der Waals surface area contributed by atoms with Crippen molar-refractivity contribution in [1.29, 1.82) is 0 Å². The normalized spacial score (nSPS) is 11.3. The second kappa shape index (κ2) is 15.4. The topological polar surface area (TPSA) is 15.3 Å². The summed E-state index contributed by atoms with van der Waals surface area (Å²) in [5, 5.41) is 3.31. The molecule has 0 aromatic carbocycles. The van der Waals surface area contributed by atoms with Gasteiger partial charge in [-0.2, -0.15) is 0 Å². The van der Waals surface area contributed by atoms with Gasteiger partial charge in [-0.1, -0.05) is 50.3 Å². The van der Waals surface area contributed by atoms with Crippen LogP contribution in [0.5, 0.6) is 0 Å².